The standard InChI is InChI=1S/C17H22N2O3/c1-14(20)19-12-17(13-19)7-9-18(10-8-17)16(21)22-11-15-5-3-2-4-6-15/h2-6H,7-13H2,1H3. The lowest BCUT2D eigenvalue weighted by molar-refractivity contribution is -0.144. The molecule has 22 heavy (non-hydrogen) atoms. The summed E-state index contributed by atoms with van der Waals surface area (Å²) >= 11 is 0. The second kappa shape index (κ2) is 5.99. The zero-order chi connectivity index (χ0) is 15.6. The van der Waals surface area contributed by atoms with Crippen LogP contribution >= 0.6 is 0 Å². The largest absolute Gasteiger partial charge is 0.445 e. The first-order chi connectivity index (χ1) is 10.6. The topological polar surface area (TPSA) is 49.9 Å². The van der Waals surface area contributed by atoms with E-state index in [4.69, 9.17) is 4.74 Å². The molecule has 0 unspecified atom stereocenters. The number of benzene rings is 1. The summed E-state index contributed by atoms with van der Waals surface area (Å²) in [6.45, 7) is 5.06. The van der Waals surface area contributed by atoms with Gasteiger partial charge in [0.2, 0.25) is 5.91 Å². The Labute approximate surface area is 130 Å². The third-order valence-electron chi connectivity index (χ3n) is 4.79. The van der Waals surface area contributed by atoms with Crippen molar-refractivity contribution in [3.8, 4) is 0 Å². The normalized spacial score (nSPS) is 19.7. The number of nitrogens with zero attached hydrogens (tertiary/aromatic N) is 2. The monoisotopic (exact) mass is 302 g/mol. The van der Waals surface area contributed by atoms with E-state index in [-0.39, 0.29) is 17.4 Å². The molecule has 1 aromatic rings. The molecule has 0 aliphatic carbocycles. The molecule has 2 aliphatic heterocycles. The van der Waals surface area contributed by atoms with E-state index in [2.05, 4.69) is 0 Å². The van der Waals surface area contributed by atoms with E-state index in [1.54, 1.807) is 11.8 Å². The van der Waals surface area contributed by atoms with Crippen LogP contribution in [0.5, 0.6) is 0 Å². The van der Waals surface area contributed by atoms with Gasteiger partial charge in [0.05, 0.1) is 0 Å². The summed E-state index contributed by atoms with van der Waals surface area (Å²) in [7, 11) is 0. The van der Waals surface area contributed by atoms with Crippen molar-refractivity contribution in [3.05, 3.63) is 35.9 Å². The van der Waals surface area contributed by atoms with Gasteiger partial charge >= 0.3 is 6.09 Å². The van der Waals surface area contributed by atoms with Crippen molar-refractivity contribution in [2.75, 3.05) is 26.2 Å². The highest BCUT2D eigenvalue weighted by atomic mass is 16.6. The van der Waals surface area contributed by atoms with Crippen LogP contribution in [0.4, 0.5) is 4.79 Å². The first-order valence-electron chi connectivity index (χ1n) is 7.79. The Balaban J connectivity index is 1.44. The highest BCUT2D eigenvalue weighted by Gasteiger charge is 2.46. The minimum atomic E-state index is -0.235. The molecule has 2 aliphatic rings. The van der Waals surface area contributed by atoms with Gasteiger partial charge in [0.1, 0.15) is 6.61 Å². The molecule has 2 saturated heterocycles. The van der Waals surface area contributed by atoms with Crippen LogP contribution < -0.4 is 0 Å². The molecule has 0 aromatic heterocycles. The molecule has 0 saturated carbocycles. The molecule has 0 bridgehead atoms. The molecule has 1 aromatic carbocycles. The molecular weight excluding hydrogens is 280 g/mol. The first kappa shape index (κ1) is 14.9. The van der Waals surface area contributed by atoms with Crippen molar-refractivity contribution < 1.29 is 14.3 Å². The van der Waals surface area contributed by atoms with Gasteiger partial charge in [-0.1, -0.05) is 30.3 Å². The van der Waals surface area contributed by atoms with Crippen LogP contribution in [0.1, 0.15) is 25.3 Å². The minimum absolute atomic E-state index is 0.148. The van der Waals surface area contributed by atoms with Gasteiger partial charge in [0.15, 0.2) is 0 Å². The average Bonchev–Trinajstić information content (AvgIpc) is 2.51. The van der Waals surface area contributed by atoms with E-state index in [9.17, 15) is 9.59 Å². The molecule has 2 amide bonds. The fraction of sp³-hybridized carbons (Fsp3) is 0.529. The number of piperidine rings is 1. The van der Waals surface area contributed by atoms with Crippen LogP contribution in [0.25, 0.3) is 0 Å². The van der Waals surface area contributed by atoms with E-state index in [1.165, 1.54) is 0 Å². The molecule has 5 heteroatoms. The highest BCUT2D eigenvalue weighted by molar-refractivity contribution is 5.74. The van der Waals surface area contributed by atoms with Gasteiger partial charge in [-0.25, -0.2) is 4.79 Å². The van der Waals surface area contributed by atoms with Crippen LogP contribution in [-0.4, -0.2) is 48.0 Å². The lowest BCUT2D eigenvalue weighted by Gasteiger charge is -2.53. The fourth-order valence-corrected chi connectivity index (χ4v) is 3.28. The van der Waals surface area contributed by atoms with Gasteiger partial charge < -0.3 is 14.5 Å². The van der Waals surface area contributed by atoms with Crippen molar-refractivity contribution in [1.29, 1.82) is 0 Å². The zero-order valence-electron chi connectivity index (χ0n) is 13.0. The first-order valence-corrected chi connectivity index (χ1v) is 7.79. The number of hydrogen-bond acceptors (Lipinski definition) is 3. The molecule has 2 fully saturated rings. The third kappa shape index (κ3) is 3.08. The molecule has 5 nitrogen and oxygen atoms in total. The Morgan fingerprint density at radius 3 is 2.32 bits per heavy atom. The summed E-state index contributed by atoms with van der Waals surface area (Å²) in [6, 6.07) is 9.71. The van der Waals surface area contributed by atoms with Crippen molar-refractivity contribution in [2.24, 2.45) is 5.41 Å². The van der Waals surface area contributed by atoms with E-state index >= 15 is 0 Å². The SMILES string of the molecule is CC(=O)N1CC2(CCN(C(=O)OCc3ccccc3)CC2)C1. The van der Waals surface area contributed by atoms with Gasteiger partial charge in [0, 0.05) is 38.5 Å². The Hall–Kier alpha value is -2.04. The predicted molar refractivity (Wildman–Crippen MR) is 82.1 cm³/mol. The van der Waals surface area contributed by atoms with Crippen LogP contribution in [0.15, 0.2) is 30.3 Å². The average molecular weight is 302 g/mol. The highest BCUT2D eigenvalue weighted by Crippen LogP contribution is 2.40. The fourth-order valence-electron chi connectivity index (χ4n) is 3.28. The predicted octanol–water partition coefficient (Wildman–Crippen LogP) is 2.27. The number of carbonyl (C=O) groups is 2. The summed E-state index contributed by atoms with van der Waals surface area (Å²) < 4.78 is 5.37. The lowest BCUT2D eigenvalue weighted by atomic mass is 9.72. The number of carbonyl (C=O) groups excluding carboxylic acids is 2. The van der Waals surface area contributed by atoms with Crippen molar-refractivity contribution in [2.45, 2.75) is 26.4 Å². The Morgan fingerprint density at radius 1 is 1.09 bits per heavy atom. The van der Waals surface area contributed by atoms with Crippen LogP contribution in [0.3, 0.4) is 0 Å². The van der Waals surface area contributed by atoms with Crippen molar-refractivity contribution >= 4 is 12.0 Å². The summed E-state index contributed by atoms with van der Waals surface area (Å²) in [4.78, 5) is 27.0. The molecule has 2 heterocycles. The molecule has 118 valence electrons. The van der Waals surface area contributed by atoms with E-state index < -0.39 is 0 Å². The Bertz CT molecular complexity index is 542. The minimum Gasteiger partial charge on any atom is -0.445 e. The summed E-state index contributed by atoms with van der Waals surface area (Å²) in [5.41, 5.74) is 1.24. The number of amides is 2. The van der Waals surface area contributed by atoms with Crippen LogP contribution in [-0.2, 0) is 16.1 Å². The maximum atomic E-state index is 12.1. The molecule has 1 spiro atoms. The quantitative estimate of drug-likeness (QED) is 0.842. The van der Waals surface area contributed by atoms with Crippen molar-refractivity contribution in [1.82, 2.24) is 9.80 Å². The van der Waals surface area contributed by atoms with Crippen molar-refractivity contribution in [3.63, 3.8) is 0 Å². The maximum absolute atomic E-state index is 12.1. The van der Waals surface area contributed by atoms with Gasteiger partial charge in [-0.05, 0) is 18.4 Å². The van der Waals surface area contributed by atoms with E-state index in [0.717, 1.165) is 44.6 Å². The molecular formula is C17H22N2O3. The smallest absolute Gasteiger partial charge is 0.410 e. The number of ether oxygens (including phenoxy) is 1. The van der Waals surface area contributed by atoms with Crippen LogP contribution in [0.2, 0.25) is 0 Å². The molecule has 3 rings (SSSR count). The Kier molecular flexibility index (Phi) is 4.05. The van der Waals surface area contributed by atoms with Gasteiger partial charge in [-0.3, -0.25) is 4.79 Å². The lowest BCUT2D eigenvalue weighted by Crippen LogP contribution is -2.61. The number of hydrogen-bond donors (Lipinski definition) is 0. The van der Waals surface area contributed by atoms with Gasteiger partial charge in [-0.15, -0.1) is 0 Å². The van der Waals surface area contributed by atoms with E-state index in [1.807, 2.05) is 35.2 Å². The zero-order valence-corrected chi connectivity index (χ0v) is 13.0. The summed E-state index contributed by atoms with van der Waals surface area (Å²) in [5, 5.41) is 0. The maximum Gasteiger partial charge on any atom is 0.410 e. The van der Waals surface area contributed by atoms with Crippen LogP contribution in [0, 0.1) is 5.41 Å². The molecule has 0 radical (unpaired) electrons. The van der Waals surface area contributed by atoms with E-state index in [0.29, 0.717) is 6.61 Å². The number of rotatable bonds is 2. The summed E-state index contributed by atoms with van der Waals surface area (Å²) in [5.74, 6) is 0.148. The summed E-state index contributed by atoms with van der Waals surface area (Å²) in [6.07, 6.45) is 1.68. The second-order valence-corrected chi connectivity index (χ2v) is 6.40. The second-order valence-electron chi connectivity index (χ2n) is 6.40. The number of likely N-dealkylation sites (tertiary alicyclic amines) is 2. The van der Waals surface area contributed by atoms with Gasteiger partial charge in [-0.2, -0.15) is 0 Å². The molecule has 0 atom stereocenters. The third-order valence-corrected chi connectivity index (χ3v) is 4.79. The van der Waals surface area contributed by atoms with Gasteiger partial charge in [0.25, 0.3) is 0 Å². The molecule has 0 N–H and O–H groups in total. The Morgan fingerprint density at radius 2 is 1.73 bits per heavy atom.